The van der Waals surface area contributed by atoms with Crippen LogP contribution in [0.25, 0.3) is 0 Å². The first-order valence-electron chi connectivity index (χ1n) is 4.99. The molecule has 1 aliphatic heterocycles. The zero-order chi connectivity index (χ0) is 12.3. The Kier molecular flexibility index (Phi) is 3.53. The number of benzene rings is 1. The van der Waals surface area contributed by atoms with Gasteiger partial charge in [0, 0.05) is 4.90 Å². The van der Waals surface area contributed by atoms with E-state index in [4.69, 9.17) is 9.47 Å². The second-order valence-electron chi connectivity index (χ2n) is 3.13. The number of rotatable bonds is 2. The summed E-state index contributed by atoms with van der Waals surface area (Å²) in [7, 11) is 0. The predicted octanol–water partition coefficient (Wildman–Crippen LogP) is 1.60. The van der Waals surface area contributed by atoms with E-state index in [1.807, 2.05) is 0 Å². The monoisotopic (exact) mass is 254 g/mol. The van der Waals surface area contributed by atoms with Gasteiger partial charge in [-0.1, -0.05) is 0 Å². The molecule has 0 aliphatic carbocycles. The number of carbonyl (C=O) groups is 2. The van der Waals surface area contributed by atoms with Crippen LogP contribution >= 0.6 is 11.8 Å². The van der Waals surface area contributed by atoms with E-state index in [-0.39, 0.29) is 13.4 Å². The van der Waals surface area contributed by atoms with Gasteiger partial charge in [0.1, 0.15) is 0 Å². The third-order valence-corrected chi connectivity index (χ3v) is 2.84. The molecule has 0 aromatic heterocycles. The summed E-state index contributed by atoms with van der Waals surface area (Å²) in [6, 6.07) is 5.04. The molecule has 0 saturated heterocycles. The van der Waals surface area contributed by atoms with Crippen LogP contribution in [0.2, 0.25) is 0 Å². The summed E-state index contributed by atoms with van der Waals surface area (Å²) in [5.41, 5.74) is 0. The zero-order valence-electron chi connectivity index (χ0n) is 9.10. The normalized spacial score (nSPS) is 12.3. The summed E-state index contributed by atoms with van der Waals surface area (Å²) >= 11 is 0.809. The molecular weight excluding hydrogens is 244 g/mol. The Labute approximate surface area is 102 Å². The highest BCUT2D eigenvalue weighted by Crippen LogP contribution is 2.35. The lowest BCUT2D eigenvalue weighted by Crippen LogP contribution is -2.13. The highest BCUT2D eigenvalue weighted by molar-refractivity contribution is 8.15. The molecule has 0 radical (unpaired) electrons. The minimum atomic E-state index is -0.838. The molecule has 0 N–H and O–H groups in total. The van der Waals surface area contributed by atoms with Gasteiger partial charge in [0.05, 0.1) is 6.61 Å². The van der Waals surface area contributed by atoms with Gasteiger partial charge in [0.25, 0.3) is 0 Å². The van der Waals surface area contributed by atoms with Gasteiger partial charge in [-0.05, 0) is 36.9 Å². The Balaban J connectivity index is 2.04. The highest BCUT2D eigenvalue weighted by atomic mass is 32.2. The summed E-state index contributed by atoms with van der Waals surface area (Å²) in [4.78, 5) is 23.2. The molecular formula is C11H10O5S. The van der Waals surface area contributed by atoms with Gasteiger partial charge >= 0.3 is 11.1 Å². The van der Waals surface area contributed by atoms with Crippen molar-refractivity contribution in [2.45, 2.75) is 11.8 Å². The van der Waals surface area contributed by atoms with Gasteiger partial charge in [-0.15, -0.1) is 0 Å². The summed E-state index contributed by atoms with van der Waals surface area (Å²) in [6.07, 6.45) is 0. The van der Waals surface area contributed by atoms with E-state index in [2.05, 4.69) is 4.74 Å². The van der Waals surface area contributed by atoms with Crippen molar-refractivity contribution in [1.29, 1.82) is 0 Å². The fourth-order valence-corrected chi connectivity index (χ4v) is 1.94. The SMILES string of the molecule is CCOC(=O)C(=O)Sc1ccc2c(c1)OCO2. The van der Waals surface area contributed by atoms with E-state index in [0.717, 1.165) is 11.8 Å². The Morgan fingerprint density at radius 1 is 1.35 bits per heavy atom. The topological polar surface area (TPSA) is 61.8 Å². The molecule has 0 bridgehead atoms. The maximum atomic E-state index is 11.4. The van der Waals surface area contributed by atoms with Gasteiger partial charge in [0.15, 0.2) is 11.5 Å². The smallest absolute Gasteiger partial charge is 0.386 e. The van der Waals surface area contributed by atoms with Crippen molar-refractivity contribution in [3.8, 4) is 11.5 Å². The molecule has 90 valence electrons. The van der Waals surface area contributed by atoms with Crippen LogP contribution < -0.4 is 9.47 Å². The molecule has 6 heteroatoms. The van der Waals surface area contributed by atoms with Crippen molar-refractivity contribution in [2.24, 2.45) is 0 Å². The number of hydrogen-bond acceptors (Lipinski definition) is 6. The van der Waals surface area contributed by atoms with Crippen LogP contribution in [0.3, 0.4) is 0 Å². The van der Waals surface area contributed by atoms with Crippen LogP contribution in [0.5, 0.6) is 11.5 Å². The van der Waals surface area contributed by atoms with Crippen molar-refractivity contribution >= 4 is 22.8 Å². The van der Waals surface area contributed by atoms with Crippen LogP contribution in [-0.2, 0) is 14.3 Å². The van der Waals surface area contributed by atoms with Crippen molar-refractivity contribution in [1.82, 2.24) is 0 Å². The molecule has 1 aromatic rings. The molecule has 0 atom stereocenters. The summed E-state index contributed by atoms with van der Waals surface area (Å²) in [5, 5.41) is -0.647. The highest BCUT2D eigenvalue weighted by Gasteiger charge is 2.19. The number of fused-ring (bicyclic) bond motifs is 1. The van der Waals surface area contributed by atoms with E-state index in [1.165, 1.54) is 0 Å². The van der Waals surface area contributed by atoms with Gasteiger partial charge in [-0.25, -0.2) is 4.79 Å². The first-order valence-corrected chi connectivity index (χ1v) is 5.81. The molecule has 0 unspecified atom stereocenters. The van der Waals surface area contributed by atoms with Crippen molar-refractivity contribution in [2.75, 3.05) is 13.4 Å². The third kappa shape index (κ3) is 2.71. The minimum absolute atomic E-state index is 0.176. The summed E-state index contributed by atoms with van der Waals surface area (Å²) in [5.74, 6) is 0.375. The van der Waals surface area contributed by atoms with E-state index < -0.39 is 11.1 Å². The predicted molar refractivity (Wildman–Crippen MR) is 60.1 cm³/mol. The van der Waals surface area contributed by atoms with E-state index in [9.17, 15) is 9.59 Å². The largest absolute Gasteiger partial charge is 0.460 e. The average molecular weight is 254 g/mol. The molecule has 5 nitrogen and oxygen atoms in total. The minimum Gasteiger partial charge on any atom is -0.460 e. The van der Waals surface area contributed by atoms with Gasteiger partial charge in [-0.2, -0.15) is 0 Å². The molecule has 0 fully saturated rings. The molecule has 17 heavy (non-hydrogen) atoms. The first-order chi connectivity index (χ1) is 8.20. The van der Waals surface area contributed by atoms with Crippen molar-refractivity contribution < 1.29 is 23.8 Å². The lowest BCUT2D eigenvalue weighted by Gasteiger charge is -2.02. The average Bonchev–Trinajstić information content (AvgIpc) is 2.76. The number of esters is 1. The quantitative estimate of drug-likeness (QED) is 0.454. The van der Waals surface area contributed by atoms with Crippen LogP contribution in [0.15, 0.2) is 23.1 Å². The number of ether oxygens (including phenoxy) is 3. The maximum absolute atomic E-state index is 11.4. The van der Waals surface area contributed by atoms with E-state index in [1.54, 1.807) is 25.1 Å². The molecule has 0 amide bonds. The molecule has 1 aromatic carbocycles. The Morgan fingerprint density at radius 3 is 2.88 bits per heavy atom. The Morgan fingerprint density at radius 2 is 2.12 bits per heavy atom. The van der Waals surface area contributed by atoms with Gasteiger partial charge in [0.2, 0.25) is 6.79 Å². The second-order valence-corrected chi connectivity index (χ2v) is 4.17. The lowest BCUT2D eigenvalue weighted by molar-refractivity contribution is -0.149. The summed E-state index contributed by atoms with van der Waals surface area (Å²) < 4.78 is 14.9. The lowest BCUT2D eigenvalue weighted by atomic mass is 10.3. The molecule has 1 aliphatic rings. The number of hydrogen-bond donors (Lipinski definition) is 0. The molecule has 0 spiro atoms. The number of carbonyl (C=O) groups excluding carboxylic acids is 2. The fraction of sp³-hybridized carbons (Fsp3) is 0.273. The maximum Gasteiger partial charge on any atom is 0.386 e. The van der Waals surface area contributed by atoms with Crippen molar-refractivity contribution in [3.05, 3.63) is 18.2 Å². The van der Waals surface area contributed by atoms with E-state index >= 15 is 0 Å². The second kappa shape index (κ2) is 5.09. The van der Waals surface area contributed by atoms with Crippen LogP contribution in [-0.4, -0.2) is 24.5 Å². The van der Waals surface area contributed by atoms with Crippen LogP contribution in [0.1, 0.15) is 6.92 Å². The van der Waals surface area contributed by atoms with E-state index in [0.29, 0.717) is 16.4 Å². The molecule has 0 saturated carbocycles. The molecule has 2 rings (SSSR count). The Bertz CT molecular complexity index is 457. The van der Waals surface area contributed by atoms with Gasteiger partial charge < -0.3 is 14.2 Å². The Hall–Kier alpha value is -1.69. The first kappa shape index (κ1) is 11.8. The standard InChI is InChI=1S/C11H10O5S/c1-2-14-10(12)11(13)17-7-3-4-8-9(5-7)16-6-15-8/h3-5H,2,6H2,1H3. The van der Waals surface area contributed by atoms with Crippen LogP contribution in [0, 0.1) is 0 Å². The van der Waals surface area contributed by atoms with Crippen LogP contribution in [0.4, 0.5) is 0 Å². The van der Waals surface area contributed by atoms with Crippen molar-refractivity contribution in [3.63, 3.8) is 0 Å². The molecule has 1 heterocycles. The summed E-state index contributed by atoms with van der Waals surface area (Å²) in [6.45, 7) is 2.01. The fourth-order valence-electron chi connectivity index (χ4n) is 1.28. The van der Waals surface area contributed by atoms with Gasteiger partial charge in [-0.3, -0.25) is 4.79 Å². The number of thioether (sulfide) groups is 1. The third-order valence-electron chi connectivity index (χ3n) is 2.00. The zero-order valence-corrected chi connectivity index (χ0v) is 9.91.